The van der Waals surface area contributed by atoms with Crippen molar-refractivity contribution in [1.29, 1.82) is 0 Å². The molecule has 2 N–H and O–H groups in total. The fourth-order valence-corrected chi connectivity index (χ4v) is 2.34. The maximum atomic E-state index is 13.5. The Labute approximate surface area is 141 Å². The zero-order chi connectivity index (χ0) is 17.4. The smallest absolute Gasteiger partial charge is 0.224 e. The quantitative estimate of drug-likeness (QED) is 0.819. The SMILES string of the molecule is CC(NC(=O)C/C=C/c1ccccc1F)C(O)Cc1ccccc1. The van der Waals surface area contributed by atoms with E-state index in [2.05, 4.69) is 5.32 Å². The zero-order valence-corrected chi connectivity index (χ0v) is 13.7. The number of carbonyl (C=O) groups excluding carboxylic acids is 1. The van der Waals surface area contributed by atoms with Crippen LogP contribution in [0.1, 0.15) is 24.5 Å². The molecule has 1 amide bonds. The van der Waals surface area contributed by atoms with E-state index in [1.807, 2.05) is 30.3 Å². The lowest BCUT2D eigenvalue weighted by molar-refractivity contribution is -0.121. The van der Waals surface area contributed by atoms with Gasteiger partial charge >= 0.3 is 0 Å². The van der Waals surface area contributed by atoms with Gasteiger partial charge in [-0.05, 0) is 18.6 Å². The molecule has 0 fully saturated rings. The molecule has 2 atom stereocenters. The van der Waals surface area contributed by atoms with E-state index in [1.165, 1.54) is 6.07 Å². The highest BCUT2D eigenvalue weighted by atomic mass is 19.1. The van der Waals surface area contributed by atoms with E-state index in [-0.39, 0.29) is 24.2 Å². The van der Waals surface area contributed by atoms with Gasteiger partial charge < -0.3 is 10.4 Å². The number of nitrogens with one attached hydrogen (secondary N) is 1. The number of aliphatic hydroxyl groups excluding tert-OH is 1. The molecule has 0 aliphatic rings. The minimum absolute atomic E-state index is 0.136. The molecule has 0 aliphatic carbocycles. The van der Waals surface area contributed by atoms with Gasteiger partial charge in [-0.2, -0.15) is 0 Å². The lowest BCUT2D eigenvalue weighted by atomic mass is 10.0. The average molecular weight is 327 g/mol. The Morgan fingerprint density at radius 3 is 2.54 bits per heavy atom. The van der Waals surface area contributed by atoms with E-state index in [9.17, 15) is 14.3 Å². The van der Waals surface area contributed by atoms with Crippen molar-refractivity contribution in [2.75, 3.05) is 0 Å². The third kappa shape index (κ3) is 5.63. The van der Waals surface area contributed by atoms with Gasteiger partial charge in [0.2, 0.25) is 5.91 Å². The molecule has 0 saturated heterocycles. The lowest BCUT2D eigenvalue weighted by Crippen LogP contribution is -2.41. The van der Waals surface area contributed by atoms with Gasteiger partial charge in [0, 0.05) is 18.4 Å². The summed E-state index contributed by atoms with van der Waals surface area (Å²) in [5.41, 5.74) is 1.47. The summed E-state index contributed by atoms with van der Waals surface area (Å²) < 4.78 is 13.5. The molecular weight excluding hydrogens is 305 g/mol. The molecule has 2 aromatic rings. The number of carbonyl (C=O) groups is 1. The minimum Gasteiger partial charge on any atom is -0.391 e. The van der Waals surface area contributed by atoms with Crippen LogP contribution in [-0.4, -0.2) is 23.2 Å². The number of hydrogen-bond acceptors (Lipinski definition) is 2. The largest absolute Gasteiger partial charge is 0.391 e. The van der Waals surface area contributed by atoms with Crippen LogP contribution in [0.25, 0.3) is 6.08 Å². The van der Waals surface area contributed by atoms with Crippen molar-refractivity contribution in [1.82, 2.24) is 5.32 Å². The molecule has 0 aliphatic heterocycles. The standard InChI is InChI=1S/C20H22FNO2/c1-15(19(23)14-16-8-3-2-4-9-16)22-20(24)13-7-11-17-10-5-6-12-18(17)21/h2-12,15,19,23H,13-14H2,1H3,(H,22,24)/b11-7+. The molecule has 2 rings (SSSR count). The second-order valence-corrected chi connectivity index (χ2v) is 5.74. The van der Waals surface area contributed by atoms with Crippen LogP contribution in [0.15, 0.2) is 60.7 Å². The first-order chi connectivity index (χ1) is 11.6. The molecule has 0 spiro atoms. The van der Waals surface area contributed by atoms with Crippen LogP contribution in [0.2, 0.25) is 0 Å². The highest BCUT2D eigenvalue weighted by Gasteiger charge is 2.16. The van der Waals surface area contributed by atoms with Crippen LogP contribution in [0.5, 0.6) is 0 Å². The summed E-state index contributed by atoms with van der Waals surface area (Å²) in [4.78, 5) is 11.9. The Hall–Kier alpha value is -2.46. The summed E-state index contributed by atoms with van der Waals surface area (Å²) in [7, 11) is 0. The zero-order valence-electron chi connectivity index (χ0n) is 13.7. The summed E-state index contributed by atoms with van der Waals surface area (Å²) in [6, 6.07) is 15.7. The number of amides is 1. The van der Waals surface area contributed by atoms with Crippen molar-refractivity contribution in [2.45, 2.75) is 31.9 Å². The molecule has 0 saturated carbocycles. The third-order valence-electron chi connectivity index (χ3n) is 3.76. The summed E-state index contributed by atoms with van der Waals surface area (Å²) in [5, 5.41) is 12.9. The molecule has 2 unspecified atom stereocenters. The summed E-state index contributed by atoms with van der Waals surface area (Å²) in [5.74, 6) is -0.525. The van der Waals surface area contributed by atoms with Crippen molar-refractivity contribution in [3.05, 3.63) is 77.6 Å². The highest BCUT2D eigenvalue weighted by Crippen LogP contribution is 2.09. The first-order valence-corrected chi connectivity index (χ1v) is 7.98. The van der Waals surface area contributed by atoms with Crippen molar-refractivity contribution in [3.63, 3.8) is 0 Å². The van der Waals surface area contributed by atoms with Crippen molar-refractivity contribution in [3.8, 4) is 0 Å². The maximum Gasteiger partial charge on any atom is 0.224 e. The monoisotopic (exact) mass is 327 g/mol. The molecule has 126 valence electrons. The van der Waals surface area contributed by atoms with Crippen LogP contribution in [0.4, 0.5) is 4.39 Å². The molecule has 0 aromatic heterocycles. The summed E-state index contributed by atoms with van der Waals surface area (Å²) in [6.45, 7) is 1.77. The number of hydrogen-bond donors (Lipinski definition) is 2. The maximum absolute atomic E-state index is 13.5. The van der Waals surface area contributed by atoms with E-state index in [1.54, 1.807) is 37.3 Å². The Balaban J connectivity index is 1.80. The average Bonchev–Trinajstić information content (AvgIpc) is 2.57. The molecule has 2 aromatic carbocycles. The van der Waals surface area contributed by atoms with Crippen LogP contribution in [0, 0.1) is 5.82 Å². The molecule has 4 heteroatoms. The second-order valence-electron chi connectivity index (χ2n) is 5.74. The minimum atomic E-state index is -0.660. The Morgan fingerprint density at radius 2 is 1.83 bits per heavy atom. The predicted octanol–water partition coefficient (Wildman–Crippen LogP) is 3.34. The van der Waals surface area contributed by atoms with Crippen LogP contribution >= 0.6 is 0 Å². The van der Waals surface area contributed by atoms with Crippen molar-refractivity contribution >= 4 is 12.0 Å². The molecule has 0 heterocycles. The van der Waals surface area contributed by atoms with E-state index >= 15 is 0 Å². The van der Waals surface area contributed by atoms with Crippen LogP contribution < -0.4 is 5.32 Å². The molecular formula is C20H22FNO2. The first kappa shape index (κ1) is 17.9. The van der Waals surface area contributed by atoms with Gasteiger partial charge in [-0.3, -0.25) is 4.79 Å². The number of aliphatic hydroxyl groups is 1. The van der Waals surface area contributed by atoms with Gasteiger partial charge in [-0.15, -0.1) is 0 Å². The van der Waals surface area contributed by atoms with E-state index in [0.717, 1.165) is 5.56 Å². The fourth-order valence-electron chi connectivity index (χ4n) is 2.34. The van der Waals surface area contributed by atoms with Crippen molar-refractivity contribution < 1.29 is 14.3 Å². The molecule has 24 heavy (non-hydrogen) atoms. The number of rotatable bonds is 7. The van der Waals surface area contributed by atoms with Gasteiger partial charge in [0.25, 0.3) is 0 Å². The molecule has 0 bridgehead atoms. The second kappa shape index (κ2) is 8.99. The first-order valence-electron chi connectivity index (χ1n) is 7.98. The van der Waals surface area contributed by atoms with E-state index < -0.39 is 6.10 Å². The molecule has 3 nitrogen and oxygen atoms in total. The van der Waals surface area contributed by atoms with Gasteiger partial charge in [0.05, 0.1) is 12.1 Å². The lowest BCUT2D eigenvalue weighted by Gasteiger charge is -2.20. The van der Waals surface area contributed by atoms with Gasteiger partial charge in [0.15, 0.2) is 0 Å². The Kier molecular flexibility index (Phi) is 6.70. The van der Waals surface area contributed by atoms with Gasteiger partial charge in [-0.25, -0.2) is 4.39 Å². The predicted molar refractivity (Wildman–Crippen MR) is 93.8 cm³/mol. The summed E-state index contributed by atoms with van der Waals surface area (Å²) in [6.07, 6.45) is 3.15. The third-order valence-corrected chi connectivity index (χ3v) is 3.76. The number of benzene rings is 2. The van der Waals surface area contributed by atoms with Gasteiger partial charge in [-0.1, -0.05) is 60.7 Å². The van der Waals surface area contributed by atoms with Crippen LogP contribution in [0.3, 0.4) is 0 Å². The van der Waals surface area contributed by atoms with Crippen molar-refractivity contribution in [2.24, 2.45) is 0 Å². The van der Waals surface area contributed by atoms with E-state index in [4.69, 9.17) is 0 Å². The Bertz CT molecular complexity index is 685. The topological polar surface area (TPSA) is 49.3 Å². The van der Waals surface area contributed by atoms with Crippen LogP contribution in [-0.2, 0) is 11.2 Å². The number of halogens is 1. The van der Waals surface area contributed by atoms with Gasteiger partial charge in [0.1, 0.15) is 5.82 Å². The normalized spacial score (nSPS) is 13.6. The molecule has 0 radical (unpaired) electrons. The van der Waals surface area contributed by atoms with E-state index in [0.29, 0.717) is 12.0 Å². The Morgan fingerprint density at radius 1 is 1.17 bits per heavy atom. The fraction of sp³-hybridized carbons (Fsp3) is 0.250. The highest BCUT2D eigenvalue weighted by molar-refractivity contribution is 5.78. The summed E-state index contributed by atoms with van der Waals surface area (Å²) >= 11 is 0.